The second kappa shape index (κ2) is 12.6. The molecule has 4 heterocycles. The first-order valence-electron chi connectivity index (χ1n) is 16.3. The number of hydrogen-bond donors (Lipinski definition) is 0. The van der Waals surface area contributed by atoms with Crippen LogP contribution in [0.15, 0.2) is 164 Å². The summed E-state index contributed by atoms with van der Waals surface area (Å²) in [5.41, 5.74) is 9.52. The standard InChI is InChI=1S/C43H27N7/c1-2-10-30(11-3-1)41-48-42(50-43(49-41)34-20-17-28-9-4-5-12-32(28)25-34)31-18-15-29(16-19-31)33-21-22-36-38(26-33)47-40(37-14-6-7-24-45-37)39(46-36)35-13-8-23-44-27-35/h1-27H. The normalized spacial score (nSPS) is 11.2. The van der Waals surface area contributed by atoms with Crippen LogP contribution in [-0.4, -0.2) is 34.9 Å². The third-order valence-corrected chi connectivity index (χ3v) is 8.66. The zero-order chi connectivity index (χ0) is 33.3. The van der Waals surface area contributed by atoms with Crippen molar-refractivity contribution in [2.45, 2.75) is 0 Å². The summed E-state index contributed by atoms with van der Waals surface area (Å²) in [5.74, 6) is 1.87. The lowest BCUT2D eigenvalue weighted by molar-refractivity contribution is 1.07. The number of pyridine rings is 2. The highest BCUT2D eigenvalue weighted by atomic mass is 15.0. The number of benzene rings is 5. The van der Waals surface area contributed by atoms with Crippen molar-refractivity contribution in [1.29, 1.82) is 0 Å². The molecular formula is C43H27N7. The fraction of sp³-hybridized carbons (Fsp3) is 0. The molecule has 0 atom stereocenters. The van der Waals surface area contributed by atoms with Gasteiger partial charge in [0.2, 0.25) is 0 Å². The van der Waals surface area contributed by atoms with E-state index in [0.717, 1.165) is 61.2 Å². The molecular weight excluding hydrogens is 615 g/mol. The summed E-state index contributed by atoms with van der Waals surface area (Å²) >= 11 is 0. The molecule has 9 aromatic rings. The number of hydrogen-bond acceptors (Lipinski definition) is 7. The van der Waals surface area contributed by atoms with E-state index in [9.17, 15) is 0 Å². The fourth-order valence-corrected chi connectivity index (χ4v) is 6.11. The maximum Gasteiger partial charge on any atom is 0.164 e. The van der Waals surface area contributed by atoms with Crippen LogP contribution >= 0.6 is 0 Å². The van der Waals surface area contributed by atoms with Gasteiger partial charge >= 0.3 is 0 Å². The van der Waals surface area contributed by atoms with Crippen molar-refractivity contribution in [3.63, 3.8) is 0 Å². The summed E-state index contributed by atoms with van der Waals surface area (Å²) in [6.07, 6.45) is 5.33. The van der Waals surface area contributed by atoms with Crippen LogP contribution in [0.2, 0.25) is 0 Å². The van der Waals surface area contributed by atoms with Crippen molar-refractivity contribution in [2.75, 3.05) is 0 Å². The molecule has 7 nitrogen and oxygen atoms in total. The second-order valence-electron chi connectivity index (χ2n) is 11.9. The molecule has 0 aliphatic heterocycles. The van der Waals surface area contributed by atoms with E-state index < -0.39 is 0 Å². The molecule has 0 aliphatic rings. The van der Waals surface area contributed by atoms with Gasteiger partial charge < -0.3 is 0 Å². The van der Waals surface area contributed by atoms with E-state index in [2.05, 4.69) is 76.7 Å². The van der Waals surface area contributed by atoms with Gasteiger partial charge in [-0.2, -0.15) is 0 Å². The van der Waals surface area contributed by atoms with Crippen molar-refractivity contribution in [2.24, 2.45) is 0 Å². The minimum absolute atomic E-state index is 0.612. The number of rotatable bonds is 6. The molecule has 50 heavy (non-hydrogen) atoms. The Morgan fingerprint density at radius 2 is 0.980 bits per heavy atom. The van der Waals surface area contributed by atoms with Crippen molar-refractivity contribution < 1.29 is 0 Å². The number of aromatic nitrogens is 7. The summed E-state index contributed by atoms with van der Waals surface area (Å²) in [5, 5.41) is 2.31. The van der Waals surface area contributed by atoms with Gasteiger partial charge in [0.25, 0.3) is 0 Å². The van der Waals surface area contributed by atoms with Gasteiger partial charge in [-0.3, -0.25) is 9.97 Å². The highest BCUT2D eigenvalue weighted by molar-refractivity contribution is 5.89. The molecule has 7 heteroatoms. The minimum atomic E-state index is 0.612. The van der Waals surface area contributed by atoms with Gasteiger partial charge in [-0.05, 0) is 64.4 Å². The first kappa shape index (κ1) is 29.2. The summed E-state index contributed by atoms with van der Waals surface area (Å²) < 4.78 is 0. The van der Waals surface area contributed by atoms with E-state index in [4.69, 9.17) is 24.9 Å². The lowest BCUT2D eigenvalue weighted by Gasteiger charge is -2.11. The highest BCUT2D eigenvalue weighted by Crippen LogP contribution is 2.33. The quantitative estimate of drug-likeness (QED) is 0.179. The maximum absolute atomic E-state index is 5.09. The third-order valence-electron chi connectivity index (χ3n) is 8.66. The second-order valence-corrected chi connectivity index (χ2v) is 11.9. The van der Waals surface area contributed by atoms with Gasteiger partial charge in [-0.15, -0.1) is 0 Å². The molecule has 0 radical (unpaired) electrons. The first-order valence-corrected chi connectivity index (χ1v) is 16.3. The molecule has 234 valence electrons. The molecule has 0 amide bonds. The Labute approximate surface area is 288 Å². The smallest absolute Gasteiger partial charge is 0.164 e. The van der Waals surface area contributed by atoms with Gasteiger partial charge in [-0.25, -0.2) is 24.9 Å². The molecule has 0 bridgehead atoms. The van der Waals surface area contributed by atoms with Crippen LogP contribution in [0.5, 0.6) is 0 Å². The SMILES string of the molecule is c1ccc(-c2nc(-c3ccc(-c4ccc5nc(-c6cccnc6)c(-c6ccccn6)nc5c4)cc3)nc(-c3ccc4ccccc4c3)n2)cc1. The molecule has 0 N–H and O–H groups in total. The summed E-state index contributed by atoms with van der Waals surface area (Å²) in [7, 11) is 0. The Balaban J connectivity index is 1.10. The van der Waals surface area contributed by atoms with E-state index in [1.165, 1.54) is 5.39 Å². The molecule has 0 saturated carbocycles. The van der Waals surface area contributed by atoms with Crippen molar-refractivity contribution in [1.82, 2.24) is 34.9 Å². The molecule has 0 aliphatic carbocycles. The Bertz CT molecular complexity index is 2630. The largest absolute Gasteiger partial charge is 0.264 e. The average Bonchev–Trinajstić information content (AvgIpc) is 3.21. The van der Waals surface area contributed by atoms with E-state index >= 15 is 0 Å². The monoisotopic (exact) mass is 641 g/mol. The van der Waals surface area contributed by atoms with Gasteiger partial charge in [0.1, 0.15) is 11.4 Å². The van der Waals surface area contributed by atoms with Crippen LogP contribution in [0.3, 0.4) is 0 Å². The fourth-order valence-electron chi connectivity index (χ4n) is 6.11. The highest BCUT2D eigenvalue weighted by Gasteiger charge is 2.16. The van der Waals surface area contributed by atoms with Crippen molar-refractivity contribution in [3.05, 3.63) is 164 Å². The molecule has 4 aromatic heterocycles. The van der Waals surface area contributed by atoms with E-state index in [1.807, 2.05) is 78.9 Å². The average molecular weight is 642 g/mol. The van der Waals surface area contributed by atoms with Crippen LogP contribution in [0.25, 0.3) is 89.7 Å². The first-order chi connectivity index (χ1) is 24.7. The van der Waals surface area contributed by atoms with Crippen LogP contribution in [0.4, 0.5) is 0 Å². The van der Waals surface area contributed by atoms with E-state index in [-0.39, 0.29) is 0 Å². The molecule has 0 unspecified atom stereocenters. The van der Waals surface area contributed by atoms with Crippen LogP contribution < -0.4 is 0 Å². The zero-order valence-corrected chi connectivity index (χ0v) is 26.7. The number of fused-ring (bicyclic) bond motifs is 2. The molecule has 0 saturated heterocycles. The van der Waals surface area contributed by atoms with Crippen molar-refractivity contribution in [3.8, 4) is 67.9 Å². The predicted octanol–water partition coefficient (Wildman–Crippen LogP) is 9.76. The van der Waals surface area contributed by atoms with Gasteiger partial charge in [0.05, 0.1) is 16.7 Å². The lowest BCUT2D eigenvalue weighted by Crippen LogP contribution is -2.00. The molecule has 5 aromatic carbocycles. The van der Waals surface area contributed by atoms with E-state index in [1.54, 1.807) is 18.6 Å². The Morgan fingerprint density at radius 1 is 0.340 bits per heavy atom. The Hall–Kier alpha value is -6.99. The lowest BCUT2D eigenvalue weighted by atomic mass is 10.0. The number of nitrogens with zero attached hydrogens (tertiary/aromatic N) is 7. The van der Waals surface area contributed by atoms with Gasteiger partial charge in [0.15, 0.2) is 17.5 Å². The molecule has 0 fully saturated rings. The summed E-state index contributed by atoms with van der Waals surface area (Å²) in [6.45, 7) is 0. The maximum atomic E-state index is 5.09. The van der Waals surface area contributed by atoms with E-state index in [0.29, 0.717) is 23.2 Å². The molecule has 0 spiro atoms. The zero-order valence-electron chi connectivity index (χ0n) is 26.7. The van der Waals surface area contributed by atoms with Gasteiger partial charge in [0, 0.05) is 40.8 Å². The molecule has 9 rings (SSSR count). The van der Waals surface area contributed by atoms with Crippen molar-refractivity contribution >= 4 is 21.8 Å². The predicted molar refractivity (Wildman–Crippen MR) is 199 cm³/mol. The summed E-state index contributed by atoms with van der Waals surface area (Å²) in [6, 6.07) is 48.8. The Morgan fingerprint density at radius 3 is 1.74 bits per heavy atom. The van der Waals surface area contributed by atoms with Gasteiger partial charge in [-0.1, -0.05) is 103 Å². The third kappa shape index (κ3) is 5.63. The van der Waals surface area contributed by atoms with Crippen LogP contribution in [0.1, 0.15) is 0 Å². The topological polar surface area (TPSA) is 90.2 Å². The van der Waals surface area contributed by atoms with Crippen LogP contribution in [-0.2, 0) is 0 Å². The van der Waals surface area contributed by atoms with Crippen LogP contribution in [0, 0.1) is 0 Å². The Kier molecular flexibility index (Phi) is 7.33. The minimum Gasteiger partial charge on any atom is -0.264 e. The summed E-state index contributed by atoms with van der Waals surface area (Å²) in [4.78, 5) is 33.8.